The third-order valence-corrected chi connectivity index (χ3v) is 2.14. The lowest BCUT2D eigenvalue weighted by molar-refractivity contribution is -0.177. The molecule has 0 atom stereocenters. The highest BCUT2D eigenvalue weighted by Gasteiger charge is 2.27. The SMILES string of the molecule is CNc1cc(C(C)C)nc(COCC(F)(F)F)n1. The van der Waals surface area contributed by atoms with E-state index in [1.807, 2.05) is 13.8 Å². The van der Waals surface area contributed by atoms with Crippen molar-refractivity contribution in [3.8, 4) is 0 Å². The Morgan fingerprint density at radius 2 is 2.00 bits per heavy atom. The van der Waals surface area contributed by atoms with Crippen LogP contribution in [0.5, 0.6) is 0 Å². The lowest BCUT2D eigenvalue weighted by Crippen LogP contribution is -2.17. The number of alkyl halides is 3. The van der Waals surface area contributed by atoms with Gasteiger partial charge in [-0.3, -0.25) is 0 Å². The topological polar surface area (TPSA) is 47.0 Å². The van der Waals surface area contributed by atoms with E-state index in [9.17, 15) is 13.2 Å². The minimum absolute atomic E-state index is 0.168. The van der Waals surface area contributed by atoms with E-state index in [2.05, 4.69) is 20.0 Å². The summed E-state index contributed by atoms with van der Waals surface area (Å²) in [5.41, 5.74) is 0.764. The minimum Gasteiger partial charge on any atom is -0.373 e. The van der Waals surface area contributed by atoms with E-state index >= 15 is 0 Å². The lowest BCUT2D eigenvalue weighted by atomic mass is 10.1. The molecule has 4 nitrogen and oxygen atoms in total. The van der Waals surface area contributed by atoms with Crippen molar-refractivity contribution in [1.82, 2.24) is 9.97 Å². The van der Waals surface area contributed by atoms with Gasteiger partial charge < -0.3 is 10.1 Å². The van der Waals surface area contributed by atoms with Gasteiger partial charge in [0.05, 0.1) is 0 Å². The molecule has 0 spiro atoms. The molecule has 0 aliphatic heterocycles. The number of ether oxygens (including phenoxy) is 1. The number of hydrogen-bond donors (Lipinski definition) is 1. The molecule has 0 saturated carbocycles. The molecule has 7 heteroatoms. The third kappa shape index (κ3) is 4.87. The Bertz CT molecular complexity index is 394. The lowest BCUT2D eigenvalue weighted by Gasteiger charge is -2.11. The second-order valence-electron chi connectivity index (χ2n) is 4.11. The van der Waals surface area contributed by atoms with Crippen molar-refractivity contribution >= 4 is 5.82 Å². The summed E-state index contributed by atoms with van der Waals surface area (Å²) in [6.45, 7) is 2.34. The van der Waals surface area contributed by atoms with Crippen LogP contribution in [0.1, 0.15) is 31.3 Å². The Labute approximate surface area is 104 Å². The van der Waals surface area contributed by atoms with Crippen LogP contribution in [0.25, 0.3) is 0 Å². The number of nitrogens with one attached hydrogen (secondary N) is 1. The van der Waals surface area contributed by atoms with Gasteiger partial charge in [-0.05, 0) is 5.92 Å². The Morgan fingerprint density at radius 1 is 1.33 bits per heavy atom. The number of rotatable bonds is 5. The normalized spacial score (nSPS) is 11.9. The van der Waals surface area contributed by atoms with Crippen LogP contribution in [0.15, 0.2) is 6.07 Å². The average Bonchev–Trinajstić information content (AvgIpc) is 2.26. The first-order valence-electron chi connectivity index (χ1n) is 5.52. The first-order chi connectivity index (χ1) is 8.31. The summed E-state index contributed by atoms with van der Waals surface area (Å²) in [5.74, 6) is 0.982. The van der Waals surface area contributed by atoms with Crippen molar-refractivity contribution in [2.24, 2.45) is 0 Å². The van der Waals surface area contributed by atoms with Crippen LogP contribution >= 0.6 is 0 Å². The maximum Gasteiger partial charge on any atom is 0.411 e. The summed E-state index contributed by atoms with van der Waals surface area (Å²) in [4.78, 5) is 8.20. The number of anilines is 1. The Kier molecular flexibility index (Phi) is 4.89. The fourth-order valence-corrected chi connectivity index (χ4v) is 1.26. The van der Waals surface area contributed by atoms with Crippen LogP contribution in [-0.2, 0) is 11.3 Å². The number of nitrogens with zero attached hydrogens (tertiary/aromatic N) is 2. The zero-order valence-electron chi connectivity index (χ0n) is 10.5. The molecule has 1 aromatic rings. The van der Waals surface area contributed by atoms with Gasteiger partial charge >= 0.3 is 6.18 Å². The second kappa shape index (κ2) is 5.99. The van der Waals surface area contributed by atoms with Gasteiger partial charge in [0, 0.05) is 18.8 Å². The van der Waals surface area contributed by atoms with E-state index < -0.39 is 12.8 Å². The molecule has 0 aliphatic carbocycles. The van der Waals surface area contributed by atoms with Gasteiger partial charge in [0.2, 0.25) is 0 Å². The summed E-state index contributed by atoms with van der Waals surface area (Å²) in [5, 5.41) is 2.84. The van der Waals surface area contributed by atoms with Gasteiger partial charge in [0.25, 0.3) is 0 Å². The van der Waals surface area contributed by atoms with Crippen molar-refractivity contribution < 1.29 is 17.9 Å². The van der Waals surface area contributed by atoms with Crippen molar-refractivity contribution in [2.75, 3.05) is 19.0 Å². The van der Waals surface area contributed by atoms with Gasteiger partial charge in [-0.15, -0.1) is 0 Å². The predicted octanol–water partition coefficient (Wildman–Crippen LogP) is 2.72. The largest absolute Gasteiger partial charge is 0.411 e. The maximum atomic E-state index is 11.9. The molecule has 1 heterocycles. The molecule has 0 aromatic carbocycles. The highest BCUT2D eigenvalue weighted by Crippen LogP contribution is 2.17. The molecular formula is C11H16F3N3O. The quantitative estimate of drug-likeness (QED) is 0.887. The van der Waals surface area contributed by atoms with Crippen LogP contribution in [0.4, 0.5) is 19.0 Å². The zero-order chi connectivity index (χ0) is 13.8. The molecule has 102 valence electrons. The molecule has 0 bridgehead atoms. The highest BCUT2D eigenvalue weighted by molar-refractivity contribution is 5.35. The van der Waals surface area contributed by atoms with Crippen LogP contribution in [0, 0.1) is 0 Å². The monoisotopic (exact) mass is 263 g/mol. The molecule has 0 unspecified atom stereocenters. The van der Waals surface area contributed by atoms with Crippen LogP contribution in [0.3, 0.4) is 0 Å². The van der Waals surface area contributed by atoms with Gasteiger partial charge in [0.15, 0.2) is 5.82 Å². The molecule has 0 aliphatic rings. The molecule has 1 N–H and O–H groups in total. The fourth-order valence-electron chi connectivity index (χ4n) is 1.26. The molecule has 0 amide bonds. The number of hydrogen-bond acceptors (Lipinski definition) is 4. The summed E-state index contributed by atoms with van der Waals surface area (Å²) in [6.07, 6.45) is -4.33. The predicted molar refractivity (Wildman–Crippen MR) is 61.4 cm³/mol. The van der Waals surface area contributed by atoms with Crippen LogP contribution in [-0.4, -0.2) is 29.8 Å². The molecule has 0 radical (unpaired) electrons. The Morgan fingerprint density at radius 3 is 2.50 bits per heavy atom. The van der Waals surface area contributed by atoms with Crippen molar-refractivity contribution in [3.05, 3.63) is 17.6 Å². The number of aromatic nitrogens is 2. The van der Waals surface area contributed by atoms with E-state index in [1.165, 1.54) is 0 Å². The molecule has 0 fully saturated rings. The molecular weight excluding hydrogens is 247 g/mol. The zero-order valence-corrected chi connectivity index (χ0v) is 10.5. The summed E-state index contributed by atoms with van der Waals surface area (Å²) >= 11 is 0. The average molecular weight is 263 g/mol. The van der Waals surface area contributed by atoms with Crippen LogP contribution in [0.2, 0.25) is 0 Å². The first-order valence-corrected chi connectivity index (χ1v) is 5.52. The standard InChI is InChI=1S/C11H16F3N3O/c1-7(2)8-4-9(15-3)17-10(16-8)5-18-6-11(12,13)14/h4,7H,5-6H2,1-3H3,(H,15,16,17). The maximum absolute atomic E-state index is 11.9. The molecule has 1 aromatic heterocycles. The summed E-state index contributed by atoms with van der Waals surface area (Å²) < 4.78 is 40.3. The van der Waals surface area contributed by atoms with Crippen molar-refractivity contribution in [2.45, 2.75) is 32.5 Å². The molecule has 18 heavy (non-hydrogen) atoms. The first kappa shape index (κ1) is 14.7. The van der Waals surface area contributed by atoms with E-state index in [0.29, 0.717) is 5.82 Å². The van der Waals surface area contributed by atoms with Gasteiger partial charge in [0.1, 0.15) is 19.0 Å². The van der Waals surface area contributed by atoms with Gasteiger partial charge in [-0.2, -0.15) is 13.2 Å². The molecule has 1 rings (SSSR count). The summed E-state index contributed by atoms with van der Waals surface area (Å²) in [6, 6.07) is 1.76. The van der Waals surface area contributed by atoms with E-state index in [4.69, 9.17) is 0 Å². The van der Waals surface area contributed by atoms with E-state index in [0.717, 1.165) is 5.69 Å². The third-order valence-electron chi connectivity index (χ3n) is 2.14. The van der Waals surface area contributed by atoms with Crippen LogP contribution < -0.4 is 5.32 Å². The Hall–Kier alpha value is -1.37. The summed E-state index contributed by atoms with van der Waals surface area (Å²) in [7, 11) is 1.69. The second-order valence-corrected chi connectivity index (χ2v) is 4.11. The number of halogens is 3. The Balaban J connectivity index is 2.73. The van der Waals surface area contributed by atoms with Gasteiger partial charge in [-0.1, -0.05) is 13.8 Å². The van der Waals surface area contributed by atoms with Crippen molar-refractivity contribution in [1.29, 1.82) is 0 Å². The minimum atomic E-state index is -4.33. The van der Waals surface area contributed by atoms with Gasteiger partial charge in [-0.25, -0.2) is 9.97 Å². The van der Waals surface area contributed by atoms with Crippen molar-refractivity contribution in [3.63, 3.8) is 0 Å². The molecule has 0 saturated heterocycles. The highest BCUT2D eigenvalue weighted by atomic mass is 19.4. The van der Waals surface area contributed by atoms with E-state index in [-0.39, 0.29) is 18.3 Å². The fraction of sp³-hybridized carbons (Fsp3) is 0.636. The van der Waals surface area contributed by atoms with E-state index in [1.54, 1.807) is 13.1 Å². The smallest absolute Gasteiger partial charge is 0.373 e.